The van der Waals surface area contributed by atoms with Crippen LogP contribution in [0.3, 0.4) is 0 Å². The van der Waals surface area contributed by atoms with Crippen molar-refractivity contribution in [2.24, 2.45) is 0 Å². The maximum Gasteiger partial charge on any atom is 0.265 e. The summed E-state index contributed by atoms with van der Waals surface area (Å²) in [7, 11) is -3.90. The molecule has 0 aliphatic heterocycles. The standard InChI is InChI=1S/C25H26Cl2N2O4S/c1-16(33-19-12-8-17(9-13-19)25(2,3)4)24(30)28-18-10-14-20(15-11-18)34(31,32)29-22-7-5-6-21(26)23(22)27/h5-16,29H,1-4H3,(H,28,30)/t16-/m0/s1. The predicted molar refractivity (Wildman–Crippen MR) is 138 cm³/mol. The van der Waals surface area contributed by atoms with Crippen LogP contribution in [0.5, 0.6) is 5.75 Å². The van der Waals surface area contributed by atoms with Crippen LogP contribution in [-0.2, 0) is 20.2 Å². The highest BCUT2D eigenvalue weighted by Gasteiger charge is 2.19. The van der Waals surface area contributed by atoms with Gasteiger partial charge in [0.15, 0.2) is 6.10 Å². The molecule has 3 rings (SSSR count). The number of hydrogen-bond acceptors (Lipinski definition) is 4. The highest BCUT2D eigenvalue weighted by Crippen LogP contribution is 2.31. The number of carbonyl (C=O) groups is 1. The van der Waals surface area contributed by atoms with Gasteiger partial charge in [0, 0.05) is 5.69 Å². The van der Waals surface area contributed by atoms with Gasteiger partial charge in [-0.25, -0.2) is 8.42 Å². The van der Waals surface area contributed by atoms with Gasteiger partial charge in [-0.3, -0.25) is 9.52 Å². The van der Waals surface area contributed by atoms with E-state index in [1.165, 1.54) is 35.9 Å². The second kappa shape index (κ2) is 10.3. The molecule has 0 unspecified atom stereocenters. The van der Waals surface area contributed by atoms with Crippen molar-refractivity contribution in [2.75, 3.05) is 10.0 Å². The fourth-order valence-electron chi connectivity index (χ4n) is 3.04. The summed E-state index contributed by atoms with van der Waals surface area (Å²) in [4.78, 5) is 12.5. The average Bonchev–Trinajstić information content (AvgIpc) is 2.77. The Kier molecular flexibility index (Phi) is 7.81. The van der Waals surface area contributed by atoms with Crippen molar-refractivity contribution in [3.05, 3.63) is 82.3 Å². The van der Waals surface area contributed by atoms with Gasteiger partial charge in [-0.2, -0.15) is 0 Å². The first-order valence-electron chi connectivity index (χ1n) is 10.5. The van der Waals surface area contributed by atoms with E-state index in [-0.39, 0.29) is 32.0 Å². The van der Waals surface area contributed by atoms with Crippen molar-refractivity contribution in [3.63, 3.8) is 0 Å². The van der Waals surface area contributed by atoms with Crippen LogP contribution >= 0.6 is 23.2 Å². The van der Waals surface area contributed by atoms with Crippen LogP contribution < -0.4 is 14.8 Å². The van der Waals surface area contributed by atoms with E-state index in [1.807, 2.05) is 24.3 Å². The summed E-state index contributed by atoms with van der Waals surface area (Å²) in [6.07, 6.45) is -0.754. The minimum absolute atomic E-state index is 0.00442. The molecule has 0 saturated carbocycles. The molecule has 1 amide bonds. The van der Waals surface area contributed by atoms with Gasteiger partial charge in [-0.1, -0.05) is 62.2 Å². The third-order valence-corrected chi connectivity index (χ3v) is 7.23. The van der Waals surface area contributed by atoms with Gasteiger partial charge in [-0.15, -0.1) is 0 Å². The predicted octanol–water partition coefficient (Wildman–Crippen LogP) is 6.50. The summed E-state index contributed by atoms with van der Waals surface area (Å²) in [5.74, 6) is 0.224. The van der Waals surface area contributed by atoms with E-state index in [1.54, 1.807) is 19.1 Å². The summed E-state index contributed by atoms with van der Waals surface area (Å²) < 4.78 is 33.5. The van der Waals surface area contributed by atoms with E-state index in [4.69, 9.17) is 27.9 Å². The summed E-state index contributed by atoms with van der Waals surface area (Å²) in [6, 6.07) is 18.0. The molecular formula is C25H26Cl2N2O4S. The van der Waals surface area contributed by atoms with E-state index in [9.17, 15) is 13.2 Å². The van der Waals surface area contributed by atoms with Crippen LogP contribution in [0.2, 0.25) is 10.0 Å². The highest BCUT2D eigenvalue weighted by atomic mass is 35.5. The van der Waals surface area contributed by atoms with Crippen molar-refractivity contribution >= 4 is 50.5 Å². The Morgan fingerprint density at radius 3 is 2.15 bits per heavy atom. The Labute approximate surface area is 210 Å². The van der Waals surface area contributed by atoms with Crippen LogP contribution in [0.4, 0.5) is 11.4 Å². The molecule has 0 aromatic heterocycles. The second-order valence-corrected chi connectivity index (χ2v) is 11.2. The molecule has 0 saturated heterocycles. The molecule has 0 fully saturated rings. The Morgan fingerprint density at radius 2 is 1.56 bits per heavy atom. The molecule has 0 aliphatic carbocycles. The topological polar surface area (TPSA) is 84.5 Å². The maximum absolute atomic E-state index is 12.7. The number of rotatable bonds is 7. The van der Waals surface area contributed by atoms with Gasteiger partial charge in [0.1, 0.15) is 5.75 Å². The van der Waals surface area contributed by atoms with Gasteiger partial charge in [0.05, 0.1) is 20.6 Å². The van der Waals surface area contributed by atoms with Crippen LogP contribution in [-0.4, -0.2) is 20.4 Å². The summed E-state index contributed by atoms with van der Waals surface area (Å²) >= 11 is 12.0. The average molecular weight is 521 g/mol. The van der Waals surface area contributed by atoms with Gasteiger partial charge < -0.3 is 10.1 Å². The number of carbonyl (C=O) groups excluding carboxylic acids is 1. The first kappa shape index (κ1) is 25.9. The van der Waals surface area contributed by atoms with Crippen molar-refractivity contribution in [2.45, 2.75) is 44.1 Å². The first-order valence-corrected chi connectivity index (χ1v) is 12.8. The molecule has 1 atom stereocenters. The summed E-state index contributed by atoms with van der Waals surface area (Å²) in [5, 5.41) is 3.07. The normalized spacial score (nSPS) is 12.6. The van der Waals surface area contributed by atoms with E-state index in [0.29, 0.717) is 11.4 Å². The molecule has 0 radical (unpaired) electrons. The maximum atomic E-state index is 12.7. The molecular weight excluding hydrogens is 495 g/mol. The monoisotopic (exact) mass is 520 g/mol. The molecule has 6 nitrogen and oxygen atoms in total. The molecule has 180 valence electrons. The lowest BCUT2D eigenvalue weighted by atomic mass is 9.87. The largest absolute Gasteiger partial charge is 0.481 e. The van der Waals surface area contributed by atoms with Crippen LogP contribution in [0.25, 0.3) is 0 Å². The summed E-state index contributed by atoms with van der Waals surface area (Å²) in [6.45, 7) is 8.01. The third-order valence-electron chi connectivity index (χ3n) is 5.03. The van der Waals surface area contributed by atoms with Crippen molar-refractivity contribution in [1.29, 1.82) is 0 Å². The zero-order valence-electron chi connectivity index (χ0n) is 19.2. The lowest BCUT2D eigenvalue weighted by molar-refractivity contribution is -0.122. The third kappa shape index (κ3) is 6.44. The number of halogens is 2. The number of nitrogens with one attached hydrogen (secondary N) is 2. The number of hydrogen-bond donors (Lipinski definition) is 2. The lowest BCUT2D eigenvalue weighted by Crippen LogP contribution is -2.30. The summed E-state index contributed by atoms with van der Waals surface area (Å²) in [5.41, 5.74) is 1.80. The fourth-order valence-corrected chi connectivity index (χ4v) is 4.51. The van der Waals surface area contributed by atoms with Crippen LogP contribution in [0, 0.1) is 0 Å². The minimum Gasteiger partial charge on any atom is -0.481 e. The molecule has 2 N–H and O–H groups in total. The van der Waals surface area contributed by atoms with Crippen molar-refractivity contribution in [3.8, 4) is 5.75 Å². The van der Waals surface area contributed by atoms with Crippen molar-refractivity contribution in [1.82, 2.24) is 0 Å². The van der Waals surface area contributed by atoms with Gasteiger partial charge in [-0.05, 0) is 66.4 Å². The number of ether oxygens (including phenoxy) is 1. The van der Waals surface area contributed by atoms with E-state index < -0.39 is 16.1 Å². The number of sulfonamides is 1. The molecule has 0 bridgehead atoms. The second-order valence-electron chi connectivity index (χ2n) is 8.75. The molecule has 0 spiro atoms. The van der Waals surface area contributed by atoms with E-state index in [2.05, 4.69) is 30.8 Å². The molecule has 0 heterocycles. The zero-order chi connectivity index (χ0) is 25.1. The Balaban J connectivity index is 1.63. The lowest BCUT2D eigenvalue weighted by Gasteiger charge is -2.20. The van der Waals surface area contributed by atoms with E-state index in [0.717, 1.165) is 0 Å². The SMILES string of the molecule is C[C@H](Oc1ccc(C(C)(C)C)cc1)C(=O)Nc1ccc(S(=O)(=O)Nc2cccc(Cl)c2Cl)cc1. The first-order chi connectivity index (χ1) is 15.9. The molecule has 34 heavy (non-hydrogen) atoms. The Hall–Kier alpha value is -2.74. The van der Waals surface area contributed by atoms with Crippen LogP contribution in [0.1, 0.15) is 33.3 Å². The van der Waals surface area contributed by atoms with Gasteiger partial charge in [0.25, 0.3) is 15.9 Å². The fraction of sp³-hybridized carbons (Fsp3) is 0.240. The van der Waals surface area contributed by atoms with E-state index >= 15 is 0 Å². The smallest absolute Gasteiger partial charge is 0.265 e. The quantitative estimate of drug-likeness (QED) is 0.372. The van der Waals surface area contributed by atoms with Gasteiger partial charge in [0.2, 0.25) is 0 Å². The molecule has 0 aliphatic rings. The number of amides is 1. The minimum atomic E-state index is -3.90. The number of benzene rings is 3. The number of anilines is 2. The highest BCUT2D eigenvalue weighted by molar-refractivity contribution is 7.92. The Bertz CT molecular complexity index is 1270. The molecule has 3 aromatic rings. The van der Waals surface area contributed by atoms with Crippen LogP contribution in [0.15, 0.2) is 71.6 Å². The zero-order valence-corrected chi connectivity index (χ0v) is 21.6. The van der Waals surface area contributed by atoms with Crippen molar-refractivity contribution < 1.29 is 17.9 Å². The molecule has 9 heteroatoms. The molecule has 3 aromatic carbocycles. The van der Waals surface area contributed by atoms with Gasteiger partial charge >= 0.3 is 0 Å². The Morgan fingerprint density at radius 1 is 0.941 bits per heavy atom.